The molecule has 0 aliphatic carbocycles. The first kappa shape index (κ1) is 24.1. The standard InChI is InChI=1S/C26H23ClN2O6/c1-4-35-16-10-8-15(9-11-16)29-23(19-7-5-6-12-28-19)22(25(31)26(29)32)24(30)17-13-18(27)21(34-3)14-20(17)33-2/h5-14,23,30H,4H2,1-3H3/b24-22+. The Morgan fingerprint density at radius 2 is 1.77 bits per heavy atom. The molecule has 1 fully saturated rings. The van der Waals surface area contributed by atoms with Crippen molar-refractivity contribution in [1.82, 2.24) is 4.98 Å². The lowest BCUT2D eigenvalue weighted by Crippen LogP contribution is -2.29. The van der Waals surface area contributed by atoms with E-state index in [1.807, 2.05) is 6.92 Å². The van der Waals surface area contributed by atoms with E-state index in [9.17, 15) is 14.7 Å². The fraction of sp³-hybridized carbons (Fsp3) is 0.192. The zero-order valence-electron chi connectivity index (χ0n) is 19.3. The van der Waals surface area contributed by atoms with E-state index in [0.717, 1.165) is 0 Å². The Kier molecular flexibility index (Phi) is 6.93. The van der Waals surface area contributed by atoms with Gasteiger partial charge < -0.3 is 19.3 Å². The number of hydrogen-bond donors (Lipinski definition) is 1. The molecule has 1 unspecified atom stereocenters. The molecule has 1 atom stereocenters. The number of aliphatic hydroxyl groups is 1. The van der Waals surface area contributed by atoms with Gasteiger partial charge in [0, 0.05) is 18.0 Å². The highest BCUT2D eigenvalue weighted by Crippen LogP contribution is 2.44. The number of benzene rings is 2. The number of ketones is 1. The lowest BCUT2D eigenvalue weighted by molar-refractivity contribution is -0.132. The molecule has 0 radical (unpaired) electrons. The molecule has 8 nitrogen and oxygen atoms in total. The van der Waals surface area contributed by atoms with Crippen LogP contribution in [0.4, 0.5) is 5.69 Å². The summed E-state index contributed by atoms with van der Waals surface area (Å²) in [6.45, 7) is 2.36. The zero-order valence-corrected chi connectivity index (χ0v) is 20.1. The van der Waals surface area contributed by atoms with Gasteiger partial charge in [-0.3, -0.25) is 19.5 Å². The normalized spacial score (nSPS) is 16.9. The minimum Gasteiger partial charge on any atom is -0.507 e. The summed E-state index contributed by atoms with van der Waals surface area (Å²) in [6, 6.07) is 13.9. The molecule has 2 aromatic carbocycles. The van der Waals surface area contributed by atoms with Crippen LogP contribution < -0.4 is 19.1 Å². The number of methoxy groups -OCH3 is 2. The quantitative estimate of drug-likeness (QED) is 0.287. The summed E-state index contributed by atoms with van der Waals surface area (Å²) < 4.78 is 16.1. The molecule has 1 aromatic heterocycles. The Balaban J connectivity index is 1.92. The molecule has 4 rings (SSSR count). The Bertz CT molecular complexity index is 1290. The maximum absolute atomic E-state index is 13.3. The van der Waals surface area contributed by atoms with Crippen molar-refractivity contribution in [3.63, 3.8) is 0 Å². The summed E-state index contributed by atoms with van der Waals surface area (Å²) in [4.78, 5) is 32.2. The first-order chi connectivity index (χ1) is 16.9. The van der Waals surface area contributed by atoms with Crippen molar-refractivity contribution in [2.75, 3.05) is 25.7 Å². The fourth-order valence-corrected chi connectivity index (χ4v) is 4.22. The lowest BCUT2D eigenvalue weighted by atomic mass is 9.97. The molecule has 35 heavy (non-hydrogen) atoms. The second-order valence-corrected chi connectivity index (χ2v) is 7.94. The summed E-state index contributed by atoms with van der Waals surface area (Å²) >= 11 is 6.29. The molecule has 1 N–H and O–H groups in total. The van der Waals surface area contributed by atoms with Crippen LogP contribution in [0.3, 0.4) is 0 Å². The van der Waals surface area contributed by atoms with Crippen molar-refractivity contribution in [2.24, 2.45) is 0 Å². The van der Waals surface area contributed by atoms with E-state index in [2.05, 4.69) is 4.98 Å². The van der Waals surface area contributed by atoms with Crippen LogP contribution in [0.5, 0.6) is 17.2 Å². The summed E-state index contributed by atoms with van der Waals surface area (Å²) in [5.41, 5.74) is 0.858. The SMILES string of the molecule is CCOc1ccc(N2C(=O)C(=O)/C(=C(/O)c3cc(Cl)c(OC)cc3OC)C2c2ccccn2)cc1. The average Bonchev–Trinajstić information content (AvgIpc) is 3.15. The van der Waals surface area contributed by atoms with Gasteiger partial charge in [-0.05, 0) is 49.4 Å². The second kappa shape index (κ2) is 10.1. The first-order valence-electron chi connectivity index (χ1n) is 10.8. The summed E-state index contributed by atoms with van der Waals surface area (Å²) in [6.07, 6.45) is 1.55. The molecule has 1 amide bonds. The van der Waals surface area contributed by atoms with Gasteiger partial charge in [-0.15, -0.1) is 0 Å². The van der Waals surface area contributed by atoms with Crippen molar-refractivity contribution < 1.29 is 28.9 Å². The molecular formula is C26H23ClN2O6. The number of halogens is 1. The van der Waals surface area contributed by atoms with E-state index in [1.165, 1.54) is 31.3 Å². The van der Waals surface area contributed by atoms with E-state index < -0.39 is 23.5 Å². The Hall–Kier alpha value is -4.04. The van der Waals surface area contributed by atoms with Crippen LogP contribution in [0.2, 0.25) is 5.02 Å². The van der Waals surface area contributed by atoms with Gasteiger partial charge in [-0.25, -0.2) is 0 Å². The van der Waals surface area contributed by atoms with Gasteiger partial charge in [-0.2, -0.15) is 0 Å². The van der Waals surface area contributed by atoms with Crippen LogP contribution >= 0.6 is 11.6 Å². The highest BCUT2D eigenvalue weighted by atomic mass is 35.5. The van der Waals surface area contributed by atoms with E-state index in [-0.39, 0.29) is 21.9 Å². The Morgan fingerprint density at radius 3 is 2.37 bits per heavy atom. The van der Waals surface area contributed by atoms with Gasteiger partial charge in [0.2, 0.25) is 0 Å². The van der Waals surface area contributed by atoms with Crippen LogP contribution in [0.1, 0.15) is 24.2 Å². The van der Waals surface area contributed by atoms with Gasteiger partial charge in [0.25, 0.3) is 11.7 Å². The molecule has 0 saturated carbocycles. The van der Waals surface area contributed by atoms with Gasteiger partial charge in [0.1, 0.15) is 29.0 Å². The second-order valence-electron chi connectivity index (χ2n) is 7.54. The average molecular weight is 495 g/mol. The number of pyridine rings is 1. The number of carbonyl (C=O) groups is 2. The number of aliphatic hydroxyl groups excluding tert-OH is 1. The number of anilines is 1. The molecule has 0 spiro atoms. The molecule has 1 aliphatic rings. The van der Waals surface area contributed by atoms with Crippen molar-refractivity contribution >= 4 is 34.7 Å². The number of amides is 1. The summed E-state index contributed by atoms with van der Waals surface area (Å²) in [5.74, 6) is -0.924. The lowest BCUT2D eigenvalue weighted by Gasteiger charge is -2.25. The zero-order chi connectivity index (χ0) is 25.1. The summed E-state index contributed by atoms with van der Waals surface area (Å²) in [7, 11) is 2.86. The smallest absolute Gasteiger partial charge is 0.300 e. The number of carbonyl (C=O) groups excluding carboxylic acids is 2. The van der Waals surface area contributed by atoms with Gasteiger partial charge >= 0.3 is 0 Å². The highest BCUT2D eigenvalue weighted by molar-refractivity contribution is 6.51. The number of rotatable bonds is 7. The largest absolute Gasteiger partial charge is 0.507 e. The monoisotopic (exact) mass is 494 g/mol. The molecule has 3 aromatic rings. The number of ether oxygens (including phenoxy) is 3. The molecule has 9 heteroatoms. The van der Waals surface area contributed by atoms with Crippen molar-refractivity contribution in [2.45, 2.75) is 13.0 Å². The van der Waals surface area contributed by atoms with Crippen molar-refractivity contribution in [1.29, 1.82) is 0 Å². The number of hydrogen-bond acceptors (Lipinski definition) is 7. The Labute approximate surface area is 207 Å². The van der Waals surface area contributed by atoms with Crippen LogP contribution in [0, 0.1) is 0 Å². The number of nitrogens with zero attached hydrogens (tertiary/aromatic N) is 2. The molecule has 1 aliphatic heterocycles. The Morgan fingerprint density at radius 1 is 1.06 bits per heavy atom. The molecule has 2 heterocycles. The predicted octanol–water partition coefficient (Wildman–Crippen LogP) is 4.78. The van der Waals surface area contributed by atoms with E-state index in [4.69, 9.17) is 25.8 Å². The minimum absolute atomic E-state index is 0.137. The van der Waals surface area contributed by atoms with E-state index >= 15 is 0 Å². The maximum atomic E-state index is 13.3. The maximum Gasteiger partial charge on any atom is 0.300 e. The third-order valence-corrected chi connectivity index (χ3v) is 5.86. The predicted molar refractivity (Wildman–Crippen MR) is 131 cm³/mol. The van der Waals surface area contributed by atoms with Crippen LogP contribution in [0.25, 0.3) is 5.76 Å². The van der Waals surface area contributed by atoms with Crippen molar-refractivity contribution in [3.05, 3.63) is 82.6 Å². The summed E-state index contributed by atoms with van der Waals surface area (Å²) in [5, 5.41) is 11.6. The molecule has 0 bridgehead atoms. The van der Waals surface area contributed by atoms with Crippen LogP contribution in [-0.4, -0.2) is 42.6 Å². The van der Waals surface area contributed by atoms with Gasteiger partial charge in [-0.1, -0.05) is 17.7 Å². The molecule has 1 saturated heterocycles. The molecule has 180 valence electrons. The van der Waals surface area contributed by atoms with Crippen molar-refractivity contribution in [3.8, 4) is 17.2 Å². The van der Waals surface area contributed by atoms with Crippen LogP contribution in [0.15, 0.2) is 66.4 Å². The third-order valence-electron chi connectivity index (χ3n) is 5.57. The van der Waals surface area contributed by atoms with E-state index in [1.54, 1.807) is 48.7 Å². The first-order valence-corrected chi connectivity index (χ1v) is 11.2. The number of aromatic nitrogens is 1. The molecular weight excluding hydrogens is 472 g/mol. The third kappa shape index (κ3) is 4.40. The van der Waals surface area contributed by atoms with Gasteiger partial charge in [0.15, 0.2) is 0 Å². The van der Waals surface area contributed by atoms with E-state index in [0.29, 0.717) is 29.5 Å². The van der Waals surface area contributed by atoms with Crippen LogP contribution in [-0.2, 0) is 9.59 Å². The minimum atomic E-state index is -0.986. The topological polar surface area (TPSA) is 98.2 Å². The number of Topliss-reactive ketones (excluding diaryl/α,β-unsaturated/α-hetero) is 1. The highest BCUT2D eigenvalue weighted by Gasteiger charge is 2.48. The van der Waals surface area contributed by atoms with Gasteiger partial charge in [0.05, 0.1) is 42.7 Å². The fourth-order valence-electron chi connectivity index (χ4n) is 3.98.